The molecule has 0 radical (unpaired) electrons. The number of pyridine rings is 1. The zero-order valence-electron chi connectivity index (χ0n) is 17.6. The summed E-state index contributed by atoms with van der Waals surface area (Å²) in [4.78, 5) is 29.1. The molecule has 31 heavy (non-hydrogen) atoms. The number of ether oxygens (including phenoxy) is 1. The van der Waals surface area contributed by atoms with Gasteiger partial charge in [0.05, 0.1) is 37.8 Å². The van der Waals surface area contributed by atoms with E-state index in [4.69, 9.17) is 20.1 Å². The molecular weight excluding hydrogens is 402 g/mol. The number of rotatable bonds is 8. The highest BCUT2D eigenvalue weighted by molar-refractivity contribution is 5.80. The molecule has 1 aromatic rings. The number of carbonyl (C=O) groups is 2. The number of hydrogen-bond acceptors (Lipinski definition) is 6. The predicted molar refractivity (Wildman–Crippen MR) is 113 cm³/mol. The lowest BCUT2D eigenvalue weighted by Crippen LogP contribution is -2.43. The third-order valence-electron chi connectivity index (χ3n) is 6.00. The van der Waals surface area contributed by atoms with E-state index < -0.39 is 12.1 Å². The number of carboxylic acid groups (broad SMARTS) is 1. The van der Waals surface area contributed by atoms with Crippen molar-refractivity contribution in [3.05, 3.63) is 30.1 Å². The van der Waals surface area contributed by atoms with Gasteiger partial charge >= 0.3 is 6.09 Å². The summed E-state index contributed by atoms with van der Waals surface area (Å²) in [6.07, 6.45) is 6.50. The van der Waals surface area contributed by atoms with Gasteiger partial charge in [0.1, 0.15) is 5.75 Å². The van der Waals surface area contributed by atoms with E-state index >= 15 is 0 Å². The standard InChI is InChI=1S/C22H31N3O6/c26-12-18(13-27)24-21(28)17-3-1-16(2-4-17)20-6-5-19(11-23-20)31-14-15-7-9-25(10-8-15)22(29)30/h1,5-6,11,15,17-18,26-27H,2-4,7-10,12-14H2,(H,24,28)(H,29,30). The summed E-state index contributed by atoms with van der Waals surface area (Å²) in [6, 6.07) is 3.20. The number of piperidine rings is 1. The van der Waals surface area contributed by atoms with Gasteiger partial charge < -0.3 is 30.3 Å². The van der Waals surface area contributed by atoms with Crippen LogP contribution in [0.25, 0.3) is 5.57 Å². The molecule has 0 saturated carbocycles. The van der Waals surface area contributed by atoms with Crippen LogP contribution in [0, 0.1) is 11.8 Å². The molecule has 1 aliphatic heterocycles. The van der Waals surface area contributed by atoms with Gasteiger partial charge in [0.25, 0.3) is 0 Å². The summed E-state index contributed by atoms with van der Waals surface area (Å²) < 4.78 is 5.85. The van der Waals surface area contributed by atoms with Crippen molar-refractivity contribution in [2.75, 3.05) is 32.9 Å². The topological polar surface area (TPSA) is 132 Å². The smallest absolute Gasteiger partial charge is 0.407 e. The maximum atomic E-state index is 12.2. The van der Waals surface area contributed by atoms with E-state index in [1.165, 1.54) is 4.90 Å². The Kier molecular flexibility index (Phi) is 8.25. The Morgan fingerprint density at radius 3 is 2.48 bits per heavy atom. The molecule has 9 nitrogen and oxygen atoms in total. The maximum absolute atomic E-state index is 12.2. The van der Waals surface area contributed by atoms with Crippen LogP contribution in [0.3, 0.4) is 0 Å². The van der Waals surface area contributed by atoms with Crippen LogP contribution in [0.15, 0.2) is 24.4 Å². The average molecular weight is 434 g/mol. The highest BCUT2D eigenvalue weighted by Crippen LogP contribution is 2.30. The number of likely N-dealkylation sites (tertiary alicyclic amines) is 1. The molecule has 0 aromatic carbocycles. The van der Waals surface area contributed by atoms with Crippen LogP contribution in [0.5, 0.6) is 5.75 Å². The second-order valence-electron chi connectivity index (χ2n) is 8.17. The summed E-state index contributed by atoms with van der Waals surface area (Å²) in [5.74, 6) is 0.724. The van der Waals surface area contributed by atoms with Crippen LogP contribution in [-0.4, -0.2) is 76.2 Å². The van der Waals surface area contributed by atoms with E-state index in [0.29, 0.717) is 44.2 Å². The van der Waals surface area contributed by atoms with Gasteiger partial charge in [-0.25, -0.2) is 4.79 Å². The zero-order valence-corrected chi connectivity index (χ0v) is 17.6. The first-order chi connectivity index (χ1) is 15.0. The van der Waals surface area contributed by atoms with Crippen molar-refractivity contribution in [3.8, 4) is 5.75 Å². The molecule has 2 amide bonds. The highest BCUT2D eigenvalue weighted by Gasteiger charge is 2.25. The quantitative estimate of drug-likeness (QED) is 0.488. The molecule has 3 rings (SSSR count). The molecular formula is C22H31N3O6. The predicted octanol–water partition coefficient (Wildman–Crippen LogP) is 1.50. The molecule has 0 spiro atoms. The second-order valence-corrected chi connectivity index (χ2v) is 8.17. The summed E-state index contributed by atoms with van der Waals surface area (Å²) >= 11 is 0. The Labute approximate surface area is 181 Å². The Morgan fingerprint density at radius 2 is 1.94 bits per heavy atom. The third kappa shape index (κ3) is 6.41. The molecule has 2 heterocycles. The fourth-order valence-corrected chi connectivity index (χ4v) is 3.93. The normalized spacial score (nSPS) is 19.8. The number of nitrogens with one attached hydrogen (secondary N) is 1. The summed E-state index contributed by atoms with van der Waals surface area (Å²) in [5, 5.41) is 29.9. The Bertz CT molecular complexity index is 770. The van der Waals surface area contributed by atoms with E-state index in [0.717, 1.165) is 30.5 Å². The average Bonchev–Trinajstić information content (AvgIpc) is 2.81. The first-order valence-corrected chi connectivity index (χ1v) is 10.8. The van der Waals surface area contributed by atoms with Crippen molar-refractivity contribution >= 4 is 17.6 Å². The number of carbonyl (C=O) groups excluding carboxylic acids is 1. The van der Waals surface area contributed by atoms with Gasteiger partial charge in [-0.05, 0) is 55.7 Å². The molecule has 1 saturated heterocycles. The van der Waals surface area contributed by atoms with Crippen LogP contribution in [0.4, 0.5) is 4.79 Å². The lowest BCUT2D eigenvalue weighted by molar-refractivity contribution is -0.126. The van der Waals surface area contributed by atoms with Crippen molar-refractivity contribution in [2.24, 2.45) is 11.8 Å². The van der Waals surface area contributed by atoms with Gasteiger partial charge in [-0.2, -0.15) is 0 Å². The lowest BCUT2D eigenvalue weighted by atomic mass is 9.87. The molecule has 1 aliphatic carbocycles. The number of aromatic nitrogens is 1. The molecule has 4 N–H and O–H groups in total. The van der Waals surface area contributed by atoms with Gasteiger partial charge in [-0.15, -0.1) is 0 Å². The number of aliphatic hydroxyl groups excluding tert-OH is 2. The van der Waals surface area contributed by atoms with Crippen molar-refractivity contribution in [1.29, 1.82) is 0 Å². The molecule has 170 valence electrons. The molecule has 1 aromatic heterocycles. The second kappa shape index (κ2) is 11.1. The van der Waals surface area contributed by atoms with Crippen LogP contribution in [0.1, 0.15) is 37.8 Å². The number of allylic oxidation sites excluding steroid dienone is 2. The minimum atomic E-state index is -0.859. The fraction of sp³-hybridized carbons (Fsp3) is 0.591. The first-order valence-electron chi connectivity index (χ1n) is 10.8. The number of nitrogens with zero attached hydrogens (tertiary/aromatic N) is 2. The summed E-state index contributed by atoms with van der Waals surface area (Å²) in [7, 11) is 0. The molecule has 0 bridgehead atoms. The van der Waals surface area contributed by atoms with Crippen molar-refractivity contribution in [1.82, 2.24) is 15.2 Å². The number of aliphatic hydroxyl groups is 2. The van der Waals surface area contributed by atoms with Gasteiger partial charge in [-0.3, -0.25) is 9.78 Å². The third-order valence-corrected chi connectivity index (χ3v) is 6.00. The Balaban J connectivity index is 1.45. The monoisotopic (exact) mass is 433 g/mol. The van der Waals surface area contributed by atoms with Gasteiger partial charge in [0.15, 0.2) is 0 Å². The van der Waals surface area contributed by atoms with E-state index in [1.807, 2.05) is 18.2 Å². The minimum absolute atomic E-state index is 0.144. The SMILES string of the molecule is O=C(NC(CO)CO)C1CC=C(c2ccc(OCC3CCN(C(=O)O)CC3)cn2)CC1. The molecule has 1 fully saturated rings. The summed E-state index contributed by atoms with van der Waals surface area (Å²) in [6.45, 7) is 1.09. The number of hydrogen-bond donors (Lipinski definition) is 4. The van der Waals surface area contributed by atoms with Gasteiger partial charge in [0.2, 0.25) is 5.91 Å². The Hall–Kier alpha value is -2.65. The zero-order chi connectivity index (χ0) is 22.2. The van der Waals surface area contributed by atoms with E-state index in [9.17, 15) is 9.59 Å². The first kappa shape index (κ1) is 23.0. The van der Waals surface area contributed by atoms with Crippen molar-refractivity contribution in [3.63, 3.8) is 0 Å². The largest absolute Gasteiger partial charge is 0.492 e. The van der Waals surface area contributed by atoms with E-state index in [-0.39, 0.29) is 25.0 Å². The van der Waals surface area contributed by atoms with Crippen LogP contribution in [-0.2, 0) is 4.79 Å². The fourth-order valence-electron chi connectivity index (χ4n) is 3.93. The molecule has 2 aliphatic rings. The van der Waals surface area contributed by atoms with Gasteiger partial charge in [0, 0.05) is 19.0 Å². The minimum Gasteiger partial charge on any atom is -0.492 e. The van der Waals surface area contributed by atoms with E-state index in [1.54, 1.807) is 6.20 Å². The Morgan fingerprint density at radius 1 is 1.19 bits per heavy atom. The van der Waals surface area contributed by atoms with Crippen molar-refractivity contribution in [2.45, 2.75) is 38.1 Å². The highest BCUT2D eigenvalue weighted by atomic mass is 16.5. The molecule has 1 atom stereocenters. The molecule has 9 heteroatoms. The van der Waals surface area contributed by atoms with Gasteiger partial charge in [-0.1, -0.05) is 6.08 Å². The molecule has 1 unspecified atom stereocenters. The summed E-state index contributed by atoms with van der Waals surface area (Å²) in [5.41, 5.74) is 1.96. The number of amides is 2. The van der Waals surface area contributed by atoms with Crippen LogP contribution >= 0.6 is 0 Å². The van der Waals surface area contributed by atoms with E-state index in [2.05, 4.69) is 10.3 Å². The van der Waals surface area contributed by atoms with Crippen molar-refractivity contribution < 1.29 is 29.6 Å². The van der Waals surface area contributed by atoms with Crippen LogP contribution in [0.2, 0.25) is 0 Å². The van der Waals surface area contributed by atoms with Crippen LogP contribution < -0.4 is 10.1 Å². The maximum Gasteiger partial charge on any atom is 0.407 e. The lowest BCUT2D eigenvalue weighted by Gasteiger charge is -2.29.